The number of aryl methyl sites for hydroxylation is 1. The number of hydrogen-bond donors (Lipinski definition) is 1. The van der Waals surface area contributed by atoms with Crippen LogP contribution in [0.25, 0.3) is 33.6 Å². The van der Waals surface area contributed by atoms with Crippen molar-refractivity contribution in [1.82, 2.24) is 4.98 Å². The van der Waals surface area contributed by atoms with Crippen molar-refractivity contribution in [3.05, 3.63) is 89.4 Å². The Morgan fingerprint density at radius 1 is 0.917 bits per heavy atom. The number of amides is 1. The number of aromatic nitrogens is 1. The van der Waals surface area contributed by atoms with Gasteiger partial charge in [-0.25, -0.2) is 4.98 Å². The van der Waals surface area contributed by atoms with Gasteiger partial charge in [-0.15, -0.1) is 0 Å². The molecule has 3 aromatic carbocycles. The van der Waals surface area contributed by atoms with Crippen molar-refractivity contribution in [3.8, 4) is 39.4 Å². The van der Waals surface area contributed by atoms with Gasteiger partial charge < -0.3 is 14.7 Å². The van der Waals surface area contributed by atoms with Gasteiger partial charge in [0.1, 0.15) is 5.75 Å². The number of carboxylic acid groups (broad SMARTS) is 1. The first kappa shape index (κ1) is 23.6. The van der Waals surface area contributed by atoms with Crippen LogP contribution in [-0.4, -0.2) is 35.1 Å². The van der Waals surface area contributed by atoms with Gasteiger partial charge in [0, 0.05) is 22.7 Å². The van der Waals surface area contributed by atoms with Gasteiger partial charge >= 0.3 is 5.97 Å². The number of carbonyl (C=O) groups is 2. The van der Waals surface area contributed by atoms with Gasteiger partial charge in [-0.05, 0) is 60.5 Å². The number of fused-ring (bicyclic) bond motifs is 1. The van der Waals surface area contributed by atoms with E-state index in [2.05, 4.69) is 0 Å². The molecule has 1 aromatic heterocycles. The van der Waals surface area contributed by atoms with Gasteiger partial charge in [-0.2, -0.15) is 0 Å². The lowest BCUT2D eigenvalue weighted by Crippen LogP contribution is -2.40. The molecule has 0 saturated carbocycles. The molecule has 0 fully saturated rings. The molecule has 0 unspecified atom stereocenters. The van der Waals surface area contributed by atoms with Crippen LogP contribution in [-0.2, 0) is 9.59 Å². The summed E-state index contributed by atoms with van der Waals surface area (Å²) in [6, 6.07) is 25.4. The molecule has 0 aliphatic carbocycles. The molecule has 1 aliphatic heterocycles. The number of nitrogens with zero attached hydrogens (tertiary/aromatic N) is 2. The number of ether oxygens (including phenoxy) is 1. The summed E-state index contributed by atoms with van der Waals surface area (Å²) < 4.78 is 5.60. The molecule has 0 bridgehead atoms. The SMILES string of the molecule is Cc1ccc(-c2cc(-c3ccc(Cl)cc3)cc(-c3ccc4c(c3)N(CCC(=O)O)C(=O)CO4)n2)cc1. The van der Waals surface area contributed by atoms with Crippen LogP contribution in [0.2, 0.25) is 5.02 Å². The molecule has 0 saturated heterocycles. The maximum Gasteiger partial charge on any atom is 0.305 e. The summed E-state index contributed by atoms with van der Waals surface area (Å²) in [6.45, 7) is 1.99. The van der Waals surface area contributed by atoms with E-state index in [-0.39, 0.29) is 25.5 Å². The Morgan fingerprint density at radius 2 is 1.56 bits per heavy atom. The average Bonchev–Trinajstić information content (AvgIpc) is 2.88. The molecule has 7 heteroatoms. The van der Waals surface area contributed by atoms with Crippen LogP contribution in [0, 0.1) is 6.92 Å². The highest BCUT2D eigenvalue weighted by Gasteiger charge is 2.26. The van der Waals surface area contributed by atoms with Crippen molar-refractivity contribution in [2.24, 2.45) is 0 Å². The van der Waals surface area contributed by atoms with Crippen molar-refractivity contribution >= 4 is 29.2 Å². The van der Waals surface area contributed by atoms with E-state index in [1.165, 1.54) is 4.90 Å². The fourth-order valence-corrected chi connectivity index (χ4v) is 4.30. The van der Waals surface area contributed by atoms with Gasteiger partial charge in [0.25, 0.3) is 5.91 Å². The minimum atomic E-state index is -0.966. The first-order valence-electron chi connectivity index (χ1n) is 11.5. The number of hydrogen-bond acceptors (Lipinski definition) is 4. The zero-order valence-electron chi connectivity index (χ0n) is 19.6. The van der Waals surface area contributed by atoms with Crippen molar-refractivity contribution in [2.75, 3.05) is 18.1 Å². The molecule has 0 atom stereocenters. The highest BCUT2D eigenvalue weighted by molar-refractivity contribution is 6.30. The standard InChI is InChI=1S/C29H23ClN2O4/c1-18-2-4-20(5-3-18)24-14-22(19-6-9-23(30)10-7-19)15-25(31-24)21-8-11-27-26(16-21)32(13-12-29(34)35)28(33)17-36-27/h2-11,14-16H,12-13,17H2,1H3,(H,34,35). The molecular weight excluding hydrogens is 476 g/mol. The minimum Gasteiger partial charge on any atom is -0.482 e. The lowest BCUT2D eigenvalue weighted by Gasteiger charge is -2.29. The third-order valence-corrected chi connectivity index (χ3v) is 6.35. The summed E-state index contributed by atoms with van der Waals surface area (Å²) in [4.78, 5) is 30.1. The van der Waals surface area contributed by atoms with Gasteiger partial charge in [0.2, 0.25) is 0 Å². The van der Waals surface area contributed by atoms with Crippen molar-refractivity contribution in [3.63, 3.8) is 0 Å². The number of benzene rings is 3. The van der Waals surface area contributed by atoms with E-state index in [1.807, 2.05) is 79.7 Å². The summed E-state index contributed by atoms with van der Waals surface area (Å²) >= 11 is 6.11. The van der Waals surface area contributed by atoms with Gasteiger partial charge in [0.05, 0.1) is 23.5 Å². The van der Waals surface area contributed by atoms with Crippen LogP contribution in [0.3, 0.4) is 0 Å². The second kappa shape index (κ2) is 9.84. The summed E-state index contributed by atoms with van der Waals surface area (Å²) in [6.07, 6.45) is -0.155. The van der Waals surface area contributed by atoms with Crippen molar-refractivity contribution in [1.29, 1.82) is 0 Å². The lowest BCUT2D eigenvalue weighted by molar-refractivity contribution is -0.136. The molecule has 0 spiro atoms. The van der Waals surface area contributed by atoms with Crippen molar-refractivity contribution in [2.45, 2.75) is 13.3 Å². The topological polar surface area (TPSA) is 79.7 Å². The monoisotopic (exact) mass is 498 g/mol. The highest BCUT2D eigenvalue weighted by atomic mass is 35.5. The van der Waals surface area contributed by atoms with Crippen LogP contribution in [0.5, 0.6) is 5.75 Å². The Kier molecular flexibility index (Phi) is 6.44. The third kappa shape index (κ3) is 4.95. The third-order valence-electron chi connectivity index (χ3n) is 6.10. The Balaban J connectivity index is 1.63. The van der Waals surface area contributed by atoms with Crippen molar-refractivity contribution < 1.29 is 19.4 Å². The van der Waals surface area contributed by atoms with E-state index in [9.17, 15) is 9.59 Å². The zero-order chi connectivity index (χ0) is 25.2. The Morgan fingerprint density at radius 3 is 2.25 bits per heavy atom. The van der Waals surface area contributed by atoms with E-state index in [0.29, 0.717) is 16.5 Å². The maximum atomic E-state index is 12.5. The Bertz CT molecular complexity index is 1390. The number of halogens is 1. The molecule has 6 nitrogen and oxygen atoms in total. The Labute approximate surface area is 213 Å². The van der Waals surface area contributed by atoms with Gasteiger partial charge in [0.15, 0.2) is 6.61 Å². The first-order chi connectivity index (χ1) is 17.4. The molecule has 5 rings (SSSR count). The maximum absolute atomic E-state index is 12.5. The van der Waals surface area contributed by atoms with E-state index in [1.54, 1.807) is 6.07 Å². The number of pyridine rings is 1. The molecular formula is C29H23ClN2O4. The van der Waals surface area contributed by atoms with Crippen LogP contribution in [0.4, 0.5) is 5.69 Å². The predicted molar refractivity (Wildman–Crippen MR) is 140 cm³/mol. The van der Waals surface area contributed by atoms with Crippen LogP contribution < -0.4 is 9.64 Å². The van der Waals surface area contributed by atoms with Crippen LogP contribution in [0.1, 0.15) is 12.0 Å². The minimum absolute atomic E-state index is 0.0703. The molecule has 36 heavy (non-hydrogen) atoms. The van der Waals surface area contributed by atoms with E-state index in [4.69, 9.17) is 26.4 Å². The largest absolute Gasteiger partial charge is 0.482 e. The summed E-state index contributed by atoms with van der Waals surface area (Å²) in [5.41, 5.74) is 6.97. The zero-order valence-corrected chi connectivity index (χ0v) is 20.3. The molecule has 2 heterocycles. The van der Waals surface area contributed by atoms with Gasteiger partial charge in [-0.3, -0.25) is 9.59 Å². The predicted octanol–water partition coefficient (Wildman–Crippen LogP) is 6.24. The molecule has 1 aliphatic rings. The number of carboxylic acids is 1. The van der Waals surface area contributed by atoms with E-state index in [0.717, 1.165) is 39.2 Å². The number of aliphatic carboxylic acids is 1. The molecule has 4 aromatic rings. The van der Waals surface area contributed by atoms with E-state index >= 15 is 0 Å². The fraction of sp³-hybridized carbons (Fsp3) is 0.138. The summed E-state index contributed by atoms with van der Waals surface area (Å²) in [7, 11) is 0. The first-order valence-corrected chi connectivity index (χ1v) is 11.9. The number of carbonyl (C=O) groups excluding carboxylic acids is 1. The lowest BCUT2D eigenvalue weighted by atomic mass is 9.99. The second-order valence-electron chi connectivity index (χ2n) is 8.66. The highest BCUT2D eigenvalue weighted by Crippen LogP contribution is 2.37. The summed E-state index contributed by atoms with van der Waals surface area (Å²) in [5, 5.41) is 9.80. The smallest absolute Gasteiger partial charge is 0.305 e. The fourth-order valence-electron chi connectivity index (χ4n) is 4.17. The number of rotatable bonds is 6. The second-order valence-corrected chi connectivity index (χ2v) is 9.10. The normalized spacial score (nSPS) is 12.7. The number of anilines is 1. The quantitative estimate of drug-likeness (QED) is 0.340. The average molecular weight is 499 g/mol. The molecule has 180 valence electrons. The van der Waals surface area contributed by atoms with Gasteiger partial charge in [-0.1, -0.05) is 53.6 Å². The molecule has 1 N–H and O–H groups in total. The van der Waals surface area contributed by atoms with E-state index < -0.39 is 5.97 Å². The Hall–Kier alpha value is -4.16. The van der Waals surface area contributed by atoms with Crippen LogP contribution >= 0.6 is 11.6 Å². The molecule has 0 radical (unpaired) electrons. The van der Waals surface area contributed by atoms with Crippen LogP contribution in [0.15, 0.2) is 78.9 Å². The summed E-state index contributed by atoms with van der Waals surface area (Å²) in [5.74, 6) is -0.701. The molecule has 1 amide bonds.